The van der Waals surface area contributed by atoms with E-state index in [0.29, 0.717) is 0 Å². The van der Waals surface area contributed by atoms with Crippen molar-refractivity contribution >= 4 is 0 Å². The number of aromatic nitrogens is 2. The molecule has 0 unspecified atom stereocenters. The van der Waals surface area contributed by atoms with Gasteiger partial charge in [-0.1, -0.05) is 0 Å². The Hall–Kier alpha value is -1.13. The van der Waals surface area contributed by atoms with Gasteiger partial charge in [0.05, 0.1) is 6.04 Å². The first kappa shape index (κ1) is 8.96. The third-order valence-corrected chi connectivity index (χ3v) is 1.28. The van der Waals surface area contributed by atoms with Gasteiger partial charge in [0.15, 0.2) is 0 Å². The topological polar surface area (TPSA) is 27.1 Å². The van der Waals surface area contributed by atoms with Crippen molar-refractivity contribution in [3.63, 3.8) is 0 Å². The molecule has 0 aliphatic carbocycles. The Kier molecular flexibility index (Phi) is 2.62. The average Bonchev–Trinajstić information content (AvgIpc) is 2.33. The van der Waals surface area contributed by atoms with E-state index in [1.165, 1.54) is 10.7 Å². The lowest BCUT2D eigenvalue weighted by molar-refractivity contribution is -0.0563. The number of halogens is 2. The maximum atomic E-state index is 11.8. The van der Waals surface area contributed by atoms with E-state index >= 15 is 0 Å². The second-order valence-electron chi connectivity index (χ2n) is 2.53. The molecule has 0 amide bonds. The zero-order valence-electron chi connectivity index (χ0n) is 6.79. The van der Waals surface area contributed by atoms with E-state index < -0.39 is 6.61 Å². The minimum absolute atomic E-state index is 0.00926. The number of hydrogen-bond donors (Lipinski definition) is 0. The molecule has 5 heteroatoms. The Balaban J connectivity index is 2.77. The fourth-order valence-electron chi connectivity index (χ4n) is 0.811. The summed E-state index contributed by atoms with van der Waals surface area (Å²) in [5.74, 6) is 0.0417. The lowest BCUT2D eigenvalue weighted by Gasteiger charge is -2.10. The fraction of sp³-hybridized carbons (Fsp3) is 0.571. The zero-order valence-corrected chi connectivity index (χ0v) is 6.79. The molecule has 1 aromatic rings. The summed E-state index contributed by atoms with van der Waals surface area (Å²) in [7, 11) is 0. The summed E-state index contributed by atoms with van der Waals surface area (Å²) in [5.41, 5.74) is 0. The van der Waals surface area contributed by atoms with Crippen LogP contribution < -0.4 is 4.74 Å². The summed E-state index contributed by atoms with van der Waals surface area (Å²) in [6.07, 6.45) is 2.44. The van der Waals surface area contributed by atoms with Gasteiger partial charge in [-0.05, 0) is 13.8 Å². The van der Waals surface area contributed by atoms with Crippen LogP contribution in [0.4, 0.5) is 8.78 Å². The normalized spacial score (nSPS) is 11.2. The molecule has 1 rings (SSSR count). The molecule has 0 aromatic carbocycles. The molecular formula is C7H9F2N2O. The van der Waals surface area contributed by atoms with Gasteiger partial charge in [0, 0.05) is 6.07 Å². The molecule has 0 saturated carbocycles. The molecular weight excluding hydrogens is 166 g/mol. The van der Waals surface area contributed by atoms with Crippen molar-refractivity contribution < 1.29 is 13.5 Å². The van der Waals surface area contributed by atoms with Crippen LogP contribution >= 0.6 is 0 Å². The standard InChI is InChI=1S/C7H9F2N2O/c1-5(2)11-6(3-4-10-11)12-7(8)9/h3,5,7H,1-2H3. The van der Waals surface area contributed by atoms with E-state index in [2.05, 4.69) is 16.0 Å². The van der Waals surface area contributed by atoms with E-state index in [-0.39, 0.29) is 11.9 Å². The van der Waals surface area contributed by atoms with Gasteiger partial charge in [-0.15, -0.1) is 0 Å². The molecule has 0 aliphatic heterocycles. The van der Waals surface area contributed by atoms with Gasteiger partial charge in [-0.25, -0.2) is 4.68 Å². The molecule has 0 aliphatic rings. The van der Waals surface area contributed by atoms with E-state index in [4.69, 9.17) is 0 Å². The first-order chi connectivity index (χ1) is 5.61. The lowest BCUT2D eigenvalue weighted by Crippen LogP contribution is -2.10. The van der Waals surface area contributed by atoms with Crippen LogP contribution in [0, 0.1) is 6.20 Å². The van der Waals surface area contributed by atoms with Crippen molar-refractivity contribution in [3.8, 4) is 5.88 Å². The SMILES string of the molecule is CC(C)n1n[c]cc1OC(F)F. The van der Waals surface area contributed by atoms with Crippen LogP contribution in [0.3, 0.4) is 0 Å². The highest BCUT2D eigenvalue weighted by atomic mass is 19.3. The summed E-state index contributed by atoms with van der Waals surface area (Å²) in [6.45, 7) is 0.825. The number of rotatable bonds is 3. The quantitative estimate of drug-likeness (QED) is 0.701. The molecule has 0 bridgehead atoms. The van der Waals surface area contributed by atoms with Crippen LogP contribution in [0.1, 0.15) is 19.9 Å². The van der Waals surface area contributed by atoms with Crippen molar-refractivity contribution in [2.24, 2.45) is 0 Å². The van der Waals surface area contributed by atoms with Gasteiger partial charge in [0.1, 0.15) is 6.20 Å². The summed E-state index contributed by atoms with van der Waals surface area (Å²) in [5, 5.41) is 3.70. The van der Waals surface area contributed by atoms with Gasteiger partial charge in [0.25, 0.3) is 0 Å². The smallest absolute Gasteiger partial charge is 0.388 e. The summed E-state index contributed by atoms with van der Waals surface area (Å²) in [4.78, 5) is 0. The predicted molar refractivity (Wildman–Crippen MR) is 38.1 cm³/mol. The van der Waals surface area contributed by atoms with Crippen LogP contribution in [0.15, 0.2) is 6.07 Å². The van der Waals surface area contributed by atoms with E-state index in [1.807, 2.05) is 13.8 Å². The maximum absolute atomic E-state index is 11.8. The van der Waals surface area contributed by atoms with E-state index in [9.17, 15) is 8.78 Å². The monoisotopic (exact) mass is 175 g/mol. The molecule has 0 N–H and O–H groups in total. The summed E-state index contributed by atoms with van der Waals surface area (Å²) in [6, 6.07) is 1.27. The maximum Gasteiger partial charge on any atom is 0.388 e. The third-order valence-electron chi connectivity index (χ3n) is 1.28. The number of nitrogens with zero attached hydrogens (tertiary/aromatic N) is 2. The fourth-order valence-corrected chi connectivity index (χ4v) is 0.811. The molecule has 0 spiro atoms. The van der Waals surface area contributed by atoms with Gasteiger partial charge in [0.2, 0.25) is 5.88 Å². The van der Waals surface area contributed by atoms with Crippen molar-refractivity contribution in [2.75, 3.05) is 0 Å². The zero-order chi connectivity index (χ0) is 9.14. The first-order valence-electron chi connectivity index (χ1n) is 3.51. The molecule has 0 saturated heterocycles. The molecule has 0 atom stereocenters. The summed E-state index contributed by atoms with van der Waals surface area (Å²) >= 11 is 0. The largest absolute Gasteiger partial charge is 0.417 e. The summed E-state index contributed by atoms with van der Waals surface area (Å²) < 4.78 is 29.1. The molecule has 1 heterocycles. The van der Waals surface area contributed by atoms with Gasteiger partial charge in [-0.2, -0.15) is 13.9 Å². The Morgan fingerprint density at radius 1 is 1.58 bits per heavy atom. The van der Waals surface area contributed by atoms with Crippen molar-refractivity contribution in [3.05, 3.63) is 12.3 Å². The lowest BCUT2D eigenvalue weighted by atomic mass is 10.4. The van der Waals surface area contributed by atoms with Crippen LogP contribution in [0.5, 0.6) is 5.88 Å². The molecule has 3 nitrogen and oxygen atoms in total. The molecule has 67 valence electrons. The Bertz CT molecular complexity index is 247. The second kappa shape index (κ2) is 3.51. The molecule has 1 aromatic heterocycles. The number of alkyl halides is 2. The van der Waals surface area contributed by atoms with Gasteiger partial charge in [-0.3, -0.25) is 0 Å². The highest BCUT2D eigenvalue weighted by Crippen LogP contribution is 2.17. The first-order valence-corrected chi connectivity index (χ1v) is 3.51. The van der Waals surface area contributed by atoms with Crippen LogP contribution in [-0.2, 0) is 0 Å². The Morgan fingerprint density at radius 2 is 2.25 bits per heavy atom. The van der Waals surface area contributed by atoms with Crippen LogP contribution in [0.25, 0.3) is 0 Å². The molecule has 12 heavy (non-hydrogen) atoms. The Labute approximate surface area is 68.9 Å². The van der Waals surface area contributed by atoms with Gasteiger partial charge >= 0.3 is 6.61 Å². The average molecular weight is 175 g/mol. The minimum Gasteiger partial charge on any atom is -0.417 e. The number of hydrogen-bond acceptors (Lipinski definition) is 2. The van der Waals surface area contributed by atoms with Gasteiger partial charge < -0.3 is 4.74 Å². The number of ether oxygens (including phenoxy) is 1. The Morgan fingerprint density at radius 3 is 2.75 bits per heavy atom. The second-order valence-corrected chi connectivity index (χ2v) is 2.53. The minimum atomic E-state index is -2.81. The highest BCUT2D eigenvalue weighted by molar-refractivity contribution is 5.07. The van der Waals surface area contributed by atoms with Crippen molar-refractivity contribution in [1.29, 1.82) is 0 Å². The third kappa shape index (κ3) is 1.93. The van der Waals surface area contributed by atoms with Crippen molar-refractivity contribution in [1.82, 2.24) is 9.78 Å². The highest BCUT2D eigenvalue weighted by Gasteiger charge is 2.11. The van der Waals surface area contributed by atoms with Crippen LogP contribution in [0.2, 0.25) is 0 Å². The van der Waals surface area contributed by atoms with E-state index in [1.54, 1.807) is 0 Å². The molecule has 0 fully saturated rings. The van der Waals surface area contributed by atoms with Crippen LogP contribution in [-0.4, -0.2) is 16.4 Å². The van der Waals surface area contributed by atoms with Crippen molar-refractivity contribution in [2.45, 2.75) is 26.5 Å². The van der Waals surface area contributed by atoms with E-state index in [0.717, 1.165) is 0 Å². The predicted octanol–water partition coefficient (Wildman–Crippen LogP) is 1.87. The molecule has 1 radical (unpaired) electrons.